The molecule has 0 unspecified atom stereocenters. The van der Waals surface area contributed by atoms with Crippen molar-refractivity contribution in [2.75, 3.05) is 20.2 Å². The molecule has 0 atom stereocenters. The number of rotatable bonds is 6. The van der Waals surface area contributed by atoms with Crippen LogP contribution >= 0.6 is 0 Å². The van der Waals surface area contributed by atoms with Crippen molar-refractivity contribution in [3.05, 3.63) is 0 Å². The normalized spacial score (nSPS) is 9.18. The van der Waals surface area contributed by atoms with E-state index in [0.29, 0.717) is 25.9 Å². The molecule has 11 heavy (non-hydrogen) atoms. The lowest BCUT2D eigenvalue weighted by molar-refractivity contribution is -0.140. The Hall–Kier alpha value is -0.900. The number of carbonyl (C=O) groups is 2. The highest BCUT2D eigenvalue weighted by molar-refractivity contribution is 5.69. The molecular formula is C7H13NO3. The predicted octanol–water partition coefficient (Wildman–Crippen LogP) is -0.272. The number of nitrogens with one attached hydrogen (secondary N) is 1. The molecule has 0 spiro atoms. The first kappa shape index (κ1) is 10.1. The topological polar surface area (TPSA) is 55.4 Å². The molecule has 0 aliphatic heterocycles. The summed E-state index contributed by atoms with van der Waals surface area (Å²) in [5, 5.41) is 2.84. The van der Waals surface area contributed by atoms with E-state index in [4.69, 9.17) is 0 Å². The highest BCUT2D eigenvalue weighted by atomic mass is 16.5. The second-order valence-corrected chi connectivity index (χ2v) is 2.05. The number of esters is 1. The van der Waals surface area contributed by atoms with Crippen LogP contribution in [-0.2, 0) is 14.3 Å². The molecule has 0 fully saturated rings. The molecule has 64 valence electrons. The molecule has 0 aromatic heterocycles. The summed E-state index contributed by atoms with van der Waals surface area (Å²) in [6.45, 7) is 1.02. The van der Waals surface area contributed by atoms with Crippen LogP contribution in [0, 0.1) is 0 Å². The maximum absolute atomic E-state index is 10.5. The molecule has 0 aliphatic rings. The molecule has 4 heteroatoms. The quantitative estimate of drug-likeness (QED) is 0.329. The molecule has 4 nitrogen and oxygen atoms in total. The highest BCUT2D eigenvalue weighted by Crippen LogP contribution is 1.88. The molecule has 0 bridgehead atoms. The fourth-order valence-electron chi connectivity index (χ4n) is 0.621. The summed E-state index contributed by atoms with van der Waals surface area (Å²) in [6, 6.07) is 0. The van der Waals surface area contributed by atoms with Crippen molar-refractivity contribution < 1.29 is 14.3 Å². The summed E-state index contributed by atoms with van der Waals surface area (Å²) in [7, 11) is 1.36. The van der Waals surface area contributed by atoms with Crippen LogP contribution in [0.25, 0.3) is 0 Å². The fraction of sp³-hybridized carbons (Fsp3) is 0.714. The van der Waals surface area contributed by atoms with E-state index in [1.165, 1.54) is 7.11 Å². The first-order chi connectivity index (χ1) is 5.31. The van der Waals surface area contributed by atoms with Gasteiger partial charge in [-0.25, -0.2) is 0 Å². The number of aldehydes is 1. The van der Waals surface area contributed by atoms with E-state index < -0.39 is 0 Å². The Morgan fingerprint density at radius 2 is 2.36 bits per heavy atom. The summed E-state index contributed by atoms with van der Waals surface area (Å²) in [5.74, 6) is -0.210. The standard InChI is InChI=1S/C7H13NO3/c1-11-7(10)3-2-4-8-5-6-9/h6,8H,2-5H2,1H3. The van der Waals surface area contributed by atoms with E-state index >= 15 is 0 Å². The molecular weight excluding hydrogens is 146 g/mol. The molecule has 0 amide bonds. The number of carbonyl (C=O) groups excluding carboxylic acids is 2. The molecule has 0 aliphatic carbocycles. The van der Waals surface area contributed by atoms with Crippen molar-refractivity contribution in [1.82, 2.24) is 5.32 Å². The van der Waals surface area contributed by atoms with Gasteiger partial charge in [-0.05, 0) is 13.0 Å². The van der Waals surface area contributed by atoms with Crippen LogP contribution in [0.2, 0.25) is 0 Å². The van der Waals surface area contributed by atoms with Gasteiger partial charge in [-0.2, -0.15) is 0 Å². The van der Waals surface area contributed by atoms with Crippen molar-refractivity contribution in [3.8, 4) is 0 Å². The summed E-state index contributed by atoms with van der Waals surface area (Å²) >= 11 is 0. The van der Waals surface area contributed by atoms with E-state index in [1.54, 1.807) is 0 Å². The Labute approximate surface area is 65.9 Å². The molecule has 0 aromatic carbocycles. The van der Waals surface area contributed by atoms with Crippen LogP contribution in [0.1, 0.15) is 12.8 Å². The minimum atomic E-state index is -0.210. The predicted molar refractivity (Wildman–Crippen MR) is 40.2 cm³/mol. The summed E-state index contributed by atoms with van der Waals surface area (Å²) in [4.78, 5) is 20.3. The highest BCUT2D eigenvalue weighted by Gasteiger charge is 1.97. The third kappa shape index (κ3) is 6.99. The second kappa shape index (κ2) is 7.21. The van der Waals surface area contributed by atoms with Gasteiger partial charge in [0.05, 0.1) is 13.7 Å². The molecule has 0 aromatic rings. The largest absolute Gasteiger partial charge is 0.469 e. The Bertz CT molecular complexity index is 125. The summed E-state index contributed by atoms with van der Waals surface area (Å²) in [5.41, 5.74) is 0. The van der Waals surface area contributed by atoms with E-state index in [1.807, 2.05) is 0 Å². The van der Waals surface area contributed by atoms with Gasteiger partial charge >= 0.3 is 5.97 Å². The van der Waals surface area contributed by atoms with Gasteiger partial charge in [0.2, 0.25) is 0 Å². The summed E-state index contributed by atoms with van der Waals surface area (Å²) < 4.78 is 4.42. The van der Waals surface area contributed by atoms with Crippen molar-refractivity contribution in [2.24, 2.45) is 0 Å². The Morgan fingerprint density at radius 3 is 2.91 bits per heavy atom. The molecule has 0 saturated carbocycles. The van der Waals surface area contributed by atoms with Gasteiger partial charge in [-0.15, -0.1) is 0 Å². The Kier molecular flexibility index (Phi) is 6.62. The molecule has 0 rings (SSSR count). The van der Waals surface area contributed by atoms with Gasteiger partial charge in [0, 0.05) is 6.42 Å². The van der Waals surface area contributed by atoms with Crippen LogP contribution in [0.3, 0.4) is 0 Å². The Balaban J connectivity index is 3.01. The lowest BCUT2D eigenvalue weighted by Gasteiger charge is -1.98. The third-order valence-electron chi connectivity index (χ3n) is 1.19. The van der Waals surface area contributed by atoms with E-state index in [9.17, 15) is 9.59 Å². The number of methoxy groups -OCH3 is 1. The van der Waals surface area contributed by atoms with E-state index in [2.05, 4.69) is 10.1 Å². The first-order valence-electron chi connectivity index (χ1n) is 3.52. The van der Waals surface area contributed by atoms with E-state index in [0.717, 1.165) is 6.29 Å². The van der Waals surface area contributed by atoms with Gasteiger partial charge in [0.15, 0.2) is 0 Å². The van der Waals surface area contributed by atoms with Gasteiger partial charge in [-0.1, -0.05) is 0 Å². The minimum absolute atomic E-state index is 0.210. The average Bonchev–Trinajstić information content (AvgIpc) is 2.04. The molecule has 1 N–H and O–H groups in total. The Morgan fingerprint density at radius 1 is 1.64 bits per heavy atom. The lowest BCUT2D eigenvalue weighted by Crippen LogP contribution is -2.18. The monoisotopic (exact) mass is 159 g/mol. The van der Waals surface area contributed by atoms with Crippen molar-refractivity contribution in [1.29, 1.82) is 0 Å². The lowest BCUT2D eigenvalue weighted by atomic mass is 10.3. The molecule has 0 saturated heterocycles. The first-order valence-corrected chi connectivity index (χ1v) is 3.52. The molecule has 0 radical (unpaired) electrons. The van der Waals surface area contributed by atoms with Crippen LogP contribution in [0.15, 0.2) is 0 Å². The van der Waals surface area contributed by atoms with Crippen molar-refractivity contribution >= 4 is 12.3 Å². The third-order valence-corrected chi connectivity index (χ3v) is 1.19. The van der Waals surface area contributed by atoms with Crippen LogP contribution in [0.4, 0.5) is 0 Å². The van der Waals surface area contributed by atoms with Gasteiger partial charge in [-0.3, -0.25) is 4.79 Å². The minimum Gasteiger partial charge on any atom is -0.469 e. The fourth-order valence-corrected chi connectivity index (χ4v) is 0.621. The van der Waals surface area contributed by atoms with Crippen LogP contribution in [-0.4, -0.2) is 32.5 Å². The van der Waals surface area contributed by atoms with Crippen molar-refractivity contribution in [2.45, 2.75) is 12.8 Å². The van der Waals surface area contributed by atoms with Gasteiger partial charge in [0.1, 0.15) is 6.29 Å². The SMILES string of the molecule is COC(=O)CCCNCC=O. The zero-order valence-corrected chi connectivity index (χ0v) is 6.63. The maximum atomic E-state index is 10.5. The average molecular weight is 159 g/mol. The van der Waals surface area contributed by atoms with Crippen molar-refractivity contribution in [3.63, 3.8) is 0 Å². The van der Waals surface area contributed by atoms with Gasteiger partial charge in [0.25, 0.3) is 0 Å². The van der Waals surface area contributed by atoms with Crippen LogP contribution < -0.4 is 5.32 Å². The number of ether oxygens (including phenoxy) is 1. The zero-order valence-electron chi connectivity index (χ0n) is 6.63. The molecule has 0 heterocycles. The van der Waals surface area contributed by atoms with E-state index in [-0.39, 0.29) is 5.97 Å². The number of hydrogen-bond acceptors (Lipinski definition) is 4. The maximum Gasteiger partial charge on any atom is 0.305 e. The zero-order chi connectivity index (χ0) is 8.53. The number of hydrogen-bond donors (Lipinski definition) is 1. The second-order valence-electron chi connectivity index (χ2n) is 2.05. The smallest absolute Gasteiger partial charge is 0.305 e. The summed E-state index contributed by atoms with van der Waals surface area (Å²) in [6.07, 6.45) is 1.90. The van der Waals surface area contributed by atoms with Gasteiger partial charge < -0.3 is 14.8 Å². The van der Waals surface area contributed by atoms with Crippen LogP contribution in [0.5, 0.6) is 0 Å².